The number of unbranched alkanes of at least 4 members (excludes halogenated alkanes) is 1. The van der Waals surface area contributed by atoms with Crippen LogP contribution in [0.15, 0.2) is 22.7 Å². The van der Waals surface area contributed by atoms with Crippen molar-refractivity contribution in [1.29, 1.82) is 0 Å². The van der Waals surface area contributed by atoms with E-state index in [2.05, 4.69) is 67.8 Å². The standard InChI is InChI=1S/C29H45N3O/c1-7-8-15-31-16-18-32(19-17-31)27-20-24(28-21(2)30-33-22(28)3)11-14-26(27)23-9-12-25(13-10-23)29(4,5)6/h11,14,20,23,25H,7-10,12-13,15-19H2,1-6H3. The molecule has 0 unspecified atom stereocenters. The zero-order valence-electron chi connectivity index (χ0n) is 21.9. The van der Waals surface area contributed by atoms with Gasteiger partial charge < -0.3 is 9.42 Å². The molecular weight excluding hydrogens is 406 g/mol. The molecule has 1 aromatic carbocycles. The van der Waals surface area contributed by atoms with E-state index < -0.39 is 0 Å². The van der Waals surface area contributed by atoms with Crippen molar-refractivity contribution in [3.63, 3.8) is 0 Å². The maximum absolute atomic E-state index is 5.51. The van der Waals surface area contributed by atoms with Gasteiger partial charge in [-0.15, -0.1) is 0 Å². The Hall–Kier alpha value is -1.81. The molecule has 1 saturated carbocycles. The fourth-order valence-corrected chi connectivity index (χ4v) is 6.08. The predicted octanol–water partition coefficient (Wildman–Crippen LogP) is 7.20. The number of nitrogens with zero attached hydrogens (tertiary/aromatic N) is 3. The quantitative estimate of drug-likeness (QED) is 0.465. The Morgan fingerprint density at radius 3 is 2.27 bits per heavy atom. The van der Waals surface area contributed by atoms with Crippen LogP contribution in [0.2, 0.25) is 0 Å². The second kappa shape index (κ2) is 10.2. The Bertz CT molecular complexity index is 890. The zero-order valence-corrected chi connectivity index (χ0v) is 21.9. The lowest BCUT2D eigenvalue weighted by atomic mass is 9.68. The van der Waals surface area contributed by atoms with Gasteiger partial charge in [0.15, 0.2) is 0 Å². The molecule has 0 bridgehead atoms. The van der Waals surface area contributed by atoms with Crippen molar-refractivity contribution in [3.8, 4) is 11.1 Å². The van der Waals surface area contributed by atoms with Crippen LogP contribution in [0.5, 0.6) is 0 Å². The average Bonchev–Trinajstić information content (AvgIpc) is 3.15. The average molecular weight is 452 g/mol. The van der Waals surface area contributed by atoms with E-state index in [0.717, 1.165) is 30.5 Å². The van der Waals surface area contributed by atoms with Gasteiger partial charge in [0.1, 0.15) is 5.76 Å². The Morgan fingerprint density at radius 1 is 1.00 bits per heavy atom. The molecule has 1 saturated heterocycles. The molecule has 1 aliphatic heterocycles. The van der Waals surface area contributed by atoms with Crippen molar-refractivity contribution in [2.24, 2.45) is 11.3 Å². The first-order valence-electron chi connectivity index (χ1n) is 13.3. The first-order valence-corrected chi connectivity index (χ1v) is 13.3. The highest BCUT2D eigenvalue weighted by molar-refractivity contribution is 5.74. The Kier molecular flexibility index (Phi) is 7.53. The Morgan fingerprint density at radius 2 is 1.70 bits per heavy atom. The molecule has 1 aliphatic carbocycles. The van der Waals surface area contributed by atoms with Crippen molar-refractivity contribution >= 4 is 5.69 Å². The van der Waals surface area contributed by atoms with Gasteiger partial charge in [-0.25, -0.2) is 0 Å². The number of aryl methyl sites for hydroxylation is 2. The lowest BCUT2D eigenvalue weighted by Gasteiger charge is -2.40. The van der Waals surface area contributed by atoms with Crippen LogP contribution in [0, 0.1) is 25.2 Å². The van der Waals surface area contributed by atoms with E-state index >= 15 is 0 Å². The summed E-state index contributed by atoms with van der Waals surface area (Å²) in [6.07, 6.45) is 7.92. The second-order valence-electron chi connectivity index (χ2n) is 11.6. The van der Waals surface area contributed by atoms with Crippen molar-refractivity contribution in [1.82, 2.24) is 10.1 Å². The molecule has 2 aliphatic rings. The second-order valence-corrected chi connectivity index (χ2v) is 11.6. The number of hydrogen-bond donors (Lipinski definition) is 0. The Labute approximate surface area is 201 Å². The fourth-order valence-electron chi connectivity index (χ4n) is 6.08. The molecule has 0 radical (unpaired) electrons. The summed E-state index contributed by atoms with van der Waals surface area (Å²) >= 11 is 0. The van der Waals surface area contributed by atoms with Crippen LogP contribution in [0.1, 0.15) is 89.2 Å². The van der Waals surface area contributed by atoms with E-state index in [9.17, 15) is 0 Å². The number of hydrogen-bond acceptors (Lipinski definition) is 4. The summed E-state index contributed by atoms with van der Waals surface area (Å²) in [7, 11) is 0. The van der Waals surface area contributed by atoms with Gasteiger partial charge in [0.25, 0.3) is 0 Å². The molecule has 0 amide bonds. The molecule has 2 fully saturated rings. The number of rotatable bonds is 6. The van der Waals surface area contributed by atoms with E-state index in [1.165, 1.54) is 75.0 Å². The number of piperazine rings is 1. The van der Waals surface area contributed by atoms with E-state index in [0.29, 0.717) is 11.3 Å². The monoisotopic (exact) mass is 451 g/mol. The zero-order chi connectivity index (χ0) is 23.6. The van der Waals surface area contributed by atoms with Crippen molar-refractivity contribution in [2.45, 2.75) is 86.0 Å². The minimum Gasteiger partial charge on any atom is -0.369 e. The van der Waals surface area contributed by atoms with E-state index in [1.807, 2.05) is 6.92 Å². The maximum atomic E-state index is 5.51. The lowest BCUT2D eigenvalue weighted by Crippen LogP contribution is -2.47. The molecule has 33 heavy (non-hydrogen) atoms. The normalized spacial score (nSPS) is 22.7. The summed E-state index contributed by atoms with van der Waals surface area (Å²) in [4.78, 5) is 5.31. The van der Waals surface area contributed by atoms with Crippen LogP contribution in [0.4, 0.5) is 5.69 Å². The topological polar surface area (TPSA) is 32.5 Å². The molecule has 2 heterocycles. The highest BCUT2D eigenvalue weighted by Gasteiger charge is 2.32. The van der Waals surface area contributed by atoms with Gasteiger partial charge in [-0.05, 0) is 86.9 Å². The van der Waals surface area contributed by atoms with Crippen LogP contribution >= 0.6 is 0 Å². The van der Waals surface area contributed by atoms with E-state index in [4.69, 9.17) is 4.52 Å². The summed E-state index contributed by atoms with van der Waals surface area (Å²) in [6, 6.07) is 7.19. The van der Waals surface area contributed by atoms with Crippen LogP contribution in [0.3, 0.4) is 0 Å². The minimum absolute atomic E-state index is 0.426. The molecule has 0 spiro atoms. The van der Waals surface area contributed by atoms with Crippen LogP contribution in [-0.4, -0.2) is 42.8 Å². The maximum Gasteiger partial charge on any atom is 0.141 e. The fraction of sp³-hybridized carbons (Fsp3) is 0.690. The molecule has 2 aromatic rings. The molecule has 4 rings (SSSR count). The third kappa shape index (κ3) is 5.48. The first kappa shape index (κ1) is 24.3. The number of anilines is 1. The summed E-state index contributed by atoms with van der Waals surface area (Å²) in [5.74, 6) is 2.44. The summed E-state index contributed by atoms with van der Waals surface area (Å²) in [5, 5.41) is 4.22. The molecule has 4 heteroatoms. The smallest absolute Gasteiger partial charge is 0.141 e. The minimum atomic E-state index is 0.426. The highest BCUT2D eigenvalue weighted by atomic mass is 16.5. The lowest BCUT2D eigenvalue weighted by molar-refractivity contribution is 0.169. The van der Waals surface area contributed by atoms with Crippen molar-refractivity contribution in [3.05, 3.63) is 35.2 Å². The molecule has 4 nitrogen and oxygen atoms in total. The summed E-state index contributed by atoms with van der Waals surface area (Å²) < 4.78 is 5.51. The summed E-state index contributed by atoms with van der Waals surface area (Å²) in [6.45, 7) is 19.5. The van der Waals surface area contributed by atoms with Crippen molar-refractivity contribution < 1.29 is 4.52 Å². The largest absolute Gasteiger partial charge is 0.369 e. The number of benzene rings is 1. The highest BCUT2D eigenvalue weighted by Crippen LogP contribution is 2.46. The third-order valence-corrected chi connectivity index (χ3v) is 8.29. The molecule has 182 valence electrons. The van der Waals surface area contributed by atoms with Crippen LogP contribution < -0.4 is 4.90 Å². The molecule has 0 atom stereocenters. The van der Waals surface area contributed by atoms with Crippen molar-refractivity contribution in [2.75, 3.05) is 37.6 Å². The van der Waals surface area contributed by atoms with Gasteiger partial charge in [0, 0.05) is 37.4 Å². The summed E-state index contributed by atoms with van der Waals surface area (Å²) in [5.41, 5.74) is 6.86. The van der Waals surface area contributed by atoms with Gasteiger partial charge >= 0.3 is 0 Å². The van der Waals surface area contributed by atoms with Gasteiger partial charge in [-0.3, -0.25) is 4.90 Å². The van der Waals surface area contributed by atoms with Gasteiger partial charge in [-0.1, -0.05) is 51.4 Å². The van der Waals surface area contributed by atoms with Gasteiger partial charge in [-0.2, -0.15) is 0 Å². The van der Waals surface area contributed by atoms with E-state index in [1.54, 1.807) is 5.56 Å². The van der Waals surface area contributed by atoms with Crippen LogP contribution in [-0.2, 0) is 0 Å². The predicted molar refractivity (Wildman–Crippen MR) is 139 cm³/mol. The molecule has 0 N–H and O–H groups in total. The molecule has 1 aromatic heterocycles. The number of aromatic nitrogens is 1. The third-order valence-electron chi connectivity index (χ3n) is 8.29. The van der Waals surface area contributed by atoms with Gasteiger partial charge in [0.2, 0.25) is 0 Å². The Balaban J connectivity index is 1.60. The van der Waals surface area contributed by atoms with Crippen LogP contribution in [0.25, 0.3) is 11.1 Å². The van der Waals surface area contributed by atoms with Gasteiger partial charge in [0.05, 0.1) is 5.69 Å². The van der Waals surface area contributed by atoms with E-state index in [-0.39, 0.29) is 0 Å². The molecular formula is C29H45N3O. The SMILES string of the molecule is CCCCN1CCN(c2cc(-c3c(C)noc3C)ccc2C2CCC(C(C)(C)C)CC2)CC1. The first-order chi connectivity index (χ1) is 15.8.